The van der Waals surface area contributed by atoms with Gasteiger partial charge >= 0.3 is 0 Å². The number of benzene rings is 1. The molecule has 2 atom stereocenters. The molecule has 0 saturated carbocycles. The van der Waals surface area contributed by atoms with Gasteiger partial charge in [-0.25, -0.2) is 9.97 Å². The van der Waals surface area contributed by atoms with Crippen LogP contribution in [0.4, 0.5) is 0 Å². The molecule has 4 heteroatoms. The third kappa shape index (κ3) is 3.62. The first-order valence-electron chi connectivity index (χ1n) is 6.92. The van der Waals surface area contributed by atoms with Crippen molar-refractivity contribution in [2.24, 2.45) is 0 Å². The predicted molar refractivity (Wildman–Crippen MR) is 79.3 cm³/mol. The van der Waals surface area contributed by atoms with Crippen LogP contribution in [0.2, 0.25) is 0 Å². The van der Waals surface area contributed by atoms with Crippen LogP contribution in [0, 0.1) is 0 Å². The molecular weight excluding hydrogens is 250 g/mol. The molecule has 0 aliphatic heterocycles. The van der Waals surface area contributed by atoms with Crippen molar-refractivity contribution in [2.75, 3.05) is 13.7 Å². The Bertz CT molecular complexity index is 490. The van der Waals surface area contributed by atoms with Crippen molar-refractivity contribution in [3.8, 4) is 0 Å². The summed E-state index contributed by atoms with van der Waals surface area (Å²) in [5.41, 5.74) is 2.18. The molecule has 2 aromatic rings. The first-order valence-corrected chi connectivity index (χ1v) is 6.92. The van der Waals surface area contributed by atoms with E-state index in [2.05, 4.69) is 34.3 Å². The Labute approximate surface area is 120 Å². The molecule has 0 bridgehead atoms. The van der Waals surface area contributed by atoms with Gasteiger partial charge in [-0.2, -0.15) is 0 Å². The number of rotatable bonds is 7. The van der Waals surface area contributed by atoms with Crippen LogP contribution in [-0.2, 0) is 4.74 Å². The fourth-order valence-corrected chi connectivity index (χ4v) is 2.28. The molecule has 1 heterocycles. The van der Waals surface area contributed by atoms with Crippen molar-refractivity contribution in [3.63, 3.8) is 0 Å². The van der Waals surface area contributed by atoms with Gasteiger partial charge in [-0.15, -0.1) is 0 Å². The lowest BCUT2D eigenvalue weighted by molar-refractivity contribution is 0.0674. The molecule has 0 saturated heterocycles. The Morgan fingerprint density at radius 3 is 2.40 bits per heavy atom. The molecule has 0 aliphatic rings. The Balaban J connectivity index is 2.29. The van der Waals surface area contributed by atoms with Gasteiger partial charge in [-0.1, -0.05) is 37.3 Å². The number of hydrogen-bond donors (Lipinski definition) is 1. The predicted octanol–water partition coefficient (Wildman–Crippen LogP) is 2.91. The number of methoxy groups -OCH3 is 1. The molecule has 0 amide bonds. The van der Waals surface area contributed by atoms with E-state index in [0.29, 0.717) is 0 Å². The van der Waals surface area contributed by atoms with E-state index in [4.69, 9.17) is 4.74 Å². The molecule has 0 aliphatic carbocycles. The second-order valence-corrected chi connectivity index (χ2v) is 4.67. The molecular formula is C16H21N3O. The van der Waals surface area contributed by atoms with Gasteiger partial charge in [0, 0.05) is 25.1 Å². The van der Waals surface area contributed by atoms with Gasteiger partial charge in [-0.3, -0.25) is 0 Å². The summed E-state index contributed by atoms with van der Waals surface area (Å²) < 4.78 is 5.73. The maximum absolute atomic E-state index is 5.73. The summed E-state index contributed by atoms with van der Waals surface area (Å²) in [4.78, 5) is 8.23. The Morgan fingerprint density at radius 2 is 1.80 bits per heavy atom. The van der Waals surface area contributed by atoms with Crippen LogP contribution in [0.25, 0.3) is 0 Å². The van der Waals surface area contributed by atoms with Crippen LogP contribution < -0.4 is 5.32 Å². The van der Waals surface area contributed by atoms with Gasteiger partial charge in [0.05, 0.1) is 6.04 Å². The SMILES string of the molecule is CCCNC(c1cncnc1)C(OC)c1ccccc1. The Kier molecular flexibility index (Phi) is 5.65. The lowest BCUT2D eigenvalue weighted by Gasteiger charge is -2.27. The summed E-state index contributed by atoms with van der Waals surface area (Å²) in [6, 6.07) is 10.3. The third-order valence-electron chi connectivity index (χ3n) is 3.24. The number of aromatic nitrogens is 2. The second-order valence-electron chi connectivity index (χ2n) is 4.67. The molecule has 0 spiro atoms. The van der Waals surface area contributed by atoms with Crippen LogP contribution in [0.3, 0.4) is 0 Å². The fraction of sp³-hybridized carbons (Fsp3) is 0.375. The zero-order chi connectivity index (χ0) is 14.2. The maximum atomic E-state index is 5.73. The van der Waals surface area contributed by atoms with Gasteiger partial charge in [0.2, 0.25) is 0 Å². The van der Waals surface area contributed by atoms with Crippen LogP contribution in [0.15, 0.2) is 49.1 Å². The van der Waals surface area contributed by atoms with Crippen LogP contribution in [0.1, 0.15) is 36.6 Å². The van der Waals surface area contributed by atoms with Gasteiger partial charge < -0.3 is 10.1 Å². The van der Waals surface area contributed by atoms with Crippen molar-refractivity contribution < 1.29 is 4.74 Å². The molecule has 1 N–H and O–H groups in total. The van der Waals surface area contributed by atoms with Gasteiger partial charge in [0.15, 0.2) is 0 Å². The lowest BCUT2D eigenvalue weighted by Crippen LogP contribution is -2.29. The number of hydrogen-bond acceptors (Lipinski definition) is 4. The van der Waals surface area contributed by atoms with Crippen molar-refractivity contribution >= 4 is 0 Å². The van der Waals surface area contributed by atoms with Crippen molar-refractivity contribution in [1.82, 2.24) is 15.3 Å². The quantitative estimate of drug-likeness (QED) is 0.841. The maximum Gasteiger partial charge on any atom is 0.115 e. The molecule has 0 fully saturated rings. The minimum absolute atomic E-state index is 0.0450. The normalized spacial score (nSPS) is 13.9. The van der Waals surface area contributed by atoms with E-state index in [0.717, 1.165) is 24.1 Å². The van der Waals surface area contributed by atoms with Crippen molar-refractivity contribution in [1.29, 1.82) is 0 Å². The molecule has 2 unspecified atom stereocenters. The van der Waals surface area contributed by atoms with Crippen molar-refractivity contribution in [2.45, 2.75) is 25.5 Å². The minimum atomic E-state index is -0.0613. The van der Waals surface area contributed by atoms with Crippen LogP contribution >= 0.6 is 0 Å². The number of nitrogens with zero attached hydrogens (tertiary/aromatic N) is 2. The standard InChI is InChI=1S/C16H21N3O/c1-3-9-19-15(14-10-17-12-18-11-14)16(20-2)13-7-5-4-6-8-13/h4-8,10-12,15-16,19H,3,9H2,1-2H3. The Morgan fingerprint density at radius 1 is 1.10 bits per heavy atom. The molecule has 4 nitrogen and oxygen atoms in total. The molecule has 1 aromatic heterocycles. The third-order valence-corrected chi connectivity index (χ3v) is 3.24. The van der Waals surface area contributed by atoms with Gasteiger partial charge in [0.25, 0.3) is 0 Å². The van der Waals surface area contributed by atoms with E-state index < -0.39 is 0 Å². The zero-order valence-electron chi connectivity index (χ0n) is 12.0. The van der Waals surface area contributed by atoms with Gasteiger partial charge in [0.1, 0.15) is 12.4 Å². The van der Waals surface area contributed by atoms with E-state index in [1.54, 1.807) is 13.4 Å². The highest BCUT2D eigenvalue weighted by Crippen LogP contribution is 2.30. The van der Waals surface area contributed by atoms with E-state index in [9.17, 15) is 0 Å². The summed E-state index contributed by atoms with van der Waals surface area (Å²) in [5.74, 6) is 0. The molecule has 106 valence electrons. The summed E-state index contributed by atoms with van der Waals surface area (Å²) in [6.07, 6.45) is 6.23. The average molecular weight is 271 g/mol. The van der Waals surface area contributed by atoms with Crippen LogP contribution in [0.5, 0.6) is 0 Å². The molecule has 0 radical (unpaired) electrons. The summed E-state index contributed by atoms with van der Waals surface area (Å²) in [7, 11) is 1.74. The summed E-state index contributed by atoms with van der Waals surface area (Å²) in [5, 5.41) is 3.53. The van der Waals surface area contributed by atoms with E-state index in [1.165, 1.54) is 0 Å². The highest BCUT2D eigenvalue weighted by molar-refractivity contribution is 5.23. The fourth-order valence-electron chi connectivity index (χ4n) is 2.28. The second kappa shape index (κ2) is 7.72. The summed E-state index contributed by atoms with van der Waals surface area (Å²) >= 11 is 0. The summed E-state index contributed by atoms with van der Waals surface area (Å²) in [6.45, 7) is 3.07. The van der Waals surface area contributed by atoms with E-state index in [-0.39, 0.29) is 12.1 Å². The average Bonchev–Trinajstić information content (AvgIpc) is 2.53. The highest BCUT2D eigenvalue weighted by Gasteiger charge is 2.24. The number of nitrogens with one attached hydrogen (secondary N) is 1. The van der Waals surface area contributed by atoms with Crippen molar-refractivity contribution in [3.05, 3.63) is 60.2 Å². The molecule has 1 aromatic carbocycles. The van der Waals surface area contributed by atoms with Gasteiger partial charge in [-0.05, 0) is 18.5 Å². The Hall–Kier alpha value is -1.78. The highest BCUT2D eigenvalue weighted by atomic mass is 16.5. The topological polar surface area (TPSA) is 47.0 Å². The monoisotopic (exact) mass is 271 g/mol. The van der Waals surface area contributed by atoms with E-state index >= 15 is 0 Å². The molecule has 20 heavy (non-hydrogen) atoms. The first-order chi connectivity index (χ1) is 9.86. The number of ether oxygens (including phenoxy) is 1. The minimum Gasteiger partial charge on any atom is -0.375 e. The smallest absolute Gasteiger partial charge is 0.115 e. The zero-order valence-corrected chi connectivity index (χ0v) is 12.0. The van der Waals surface area contributed by atoms with Crippen LogP contribution in [-0.4, -0.2) is 23.6 Å². The first kappa shape index (κ1) is 14.6. The molecule has 2 rings (SSSR count). The van der Waals surface area contributed by atoms with E-state index in [1.807, 2.05) is 30.6 Å². The largest absolute Gasteiger partial charge is 0.375 e. The lowest BCUT2D eigenvalue weighted by atomic mass is 9.97.